The summed E-state index contributed by atoms with van der Waals surface area (Å²) in [6, 6.07) is 21.0. The second-order valence-electron chi connectivity index (χ2n) is 8.28. The summed E-state index contributed by atoms with van der Waals surface area (Å²) in [5.74, 6) is -0.0776. The van der Waals surface area contributed by atoms with Gasteiger partial charge in [0.05, 0.1) is 11.2 Å². The van der Waals surface area contributed by atoms with Crippen molar-refractivity contribution in [1.82, 2.24) is 29.7 Å². The molecule has 0 saturated carbocycles. The van der Waals surface area contributed by atoms with E-state index in [4.69, 9.17) is 10.7 Å². The SMILES string of the molecule is Cn1ccc(-c2nc(N)c(C(=O)Nc3nccc4ccccc34)nc2-c2ccc3ncccc3c2)n1. The van der Waals surface area contributed by atoms with Crippen molar-refractivity contribution in [3.8, 4) is 22.6 Å². The molecule has 4 aromatic heterocycles. The third-order valence-corrected chi connectivity index (χ3v) is 5.88. The molecule has 0 radical (unpaired) electrons. The Morgan fingerprint density at radius 2 is 1.75 bits per heavy atom. The molecule has 36 heavy (non-hydrogen) atoms. The minimum Gasteiger partial charge on any atom is -0.382 e. The molecule has 2 aromatic carbocycles. The van der Waals surface area contributed by atoms with Crippen molar-refractivity contribution in [2.75, 3.05) is 11.1 Å². The number of nitrogens with two attached hydrogens (primary N) is 1. The Hall–Kier alpha value is -5.18. The molecule has 1 amide bonds. The van der Waals surface area contributed by atoms with Crippen molar-refractivity contribution in [2.24, 2.45) is 7.05 Å². The second-order valence-corrected chi connectivity index (χ2v) is 8.28. The number of nitrogen functional groups attached to an aromatic ring is 1. The van der Waals surface area contributed by atoms with Crippen molar-refractivity contribution in [3.63, 3.8) is 0 Å². The lowest BCUT2D eigenvalue weighted by molar-refractivity contribution is 0.102. The number of nitrogens with zero attached hydrogens (tertiary/aromatic N) is 6. The molecule has 3 N–H and O–H groups in total. The molecule has 6 rings (SSSR count). The highest BCUT2D eigenvalue weighted by molar-refractivity contribution is 6.09. The Labute approximate surface area is 205 Å². The molecule has 174 valence electrons. The minimum absolute atomic E-state index is 0.000374. The Morgan fingerprint density at radius 3 is 2.61 bits per heavy atom. The number of carbonyl (C=O) groups excluding carboxylic acids is 1. The van der Waals surface area contributed by atoms with Crippen LogP contribution in [-0.2, 0) is 7.05 Å². The highest BCUT2D eigenvalue weighted by atomic mass is 16.2. The molecule has 0 saturated heterocycles. The van der Waals surface area contributed by atoms with E-state index in [1.807, 2.05) is 80.0 Å². The number of carbonyl (C=O) groups is 1. The van der Waals surface area contributed by atoms with Gasteiger partial charge in [0.25, 0.3) is 5.91 Å². The first-order valence-corrected chi connectivity index (χ1v) is 11.2. The summed E-state index contributed by atoms with van der Waals surface area (Å²) in [7, 11) is 1.82. The lowest BCUT2D eigenvalue weighted by Gasteiger charge is -2.13. The van der Waals surface area contributed by atoms with Crippen LogP contribution in [-0.4, -0.2) is 35.6 Å². The summed E-state index contributed by atoms with van der Waals surface area (Å²) < 4.78 is 1.67. The summed E-state index contributed by atoms with van der Waals surface area (Å²) in [4.78, 5) is 31.4. The van der Waals surface area contributed by atoms with Crippen LogP contribution in [0.2, 0.25) is 0 Å². The quantitative estimate of drug-likeness (QED) is 0.388. The van der Waals surface area contributed by atoms with E-state index in [0.717, 1.165) is 27.2 Å². The number of anilines is 2. The topological polar surface area (TPSA) is 124 Å². The smallest absolute Gasteiger partial charge is 0.279 e. The molecule has 0 aliphatic heterocycles. The molecule has 6 aromatic rings. The minimum atomic E-state index is -0.500. The maximum atomic E-state index is 13.4. The van der Waals surface area contributed by atoms with Gasteiger partial charge in [-0.25, -0.2) is 15.0 Å². The number of nitrogens with one attached hydrogen (secondary N) is 1. The number of hydrogen-bond donors (Lipinski definition) is 2. The van der Waals surface area contributed by atoms with Gasteiger partial charge in [0.1, 0.15) is 17.2 Å². The summed E-state index contributed by atoms with van der Waals surface area (Å²) in [5, 5.41) is 10.0. The number of hydrogen-bond acceptors (Lipinski definition) is 7. The fourth-order valence-electron chi connectivity index (χ4n) is 4.15. The van der Waals surface area contributed by atoms with Gasteiger partial charge in [-0.1, -0.05) is 36.4 Å². The molecule has 0 aliphatic carbocycles. The molecule has 0 bridgehead atoms. The van der Waals surface area contributed by atoms with Crippen molar-refractivity contribution < 1.29 is 4.79 Å². The lowest BCUT2D eigenvalue weighted by Crippen LogP contribution is -2.19. The molecule has 0 fully saturated rings. The Kier molecular flexibility index (Phi) is 5.07. The highest BCUT2D eigenvalue weighted by Crippen LogP contribution is 2.32. The van der Waals surface area contributed by atoms with E-state index in [2.05, 4.69) is 25.4 Å². The number of pyridine rings is 2. The maximum absolute atomic E-state index is 13.4. The summed E-state index contributed by atoms with van der Waals surface area (Å²) in [6.07, 6.45) is 5.20. The average molecular weight is 473 g/mol. The van der Waals surface area contributed by atoms with E-state index in [0.29, 0.717) is 22.9 Å². The van der Waals surface area contributed by atoms with E-state index in [1.165, 1.54) is 0 Å². The van der Waals surface area contributed by atoms with Crippen LogP contribution in [0.4, 0.5) is 11.6 Å². The fourth-order valence-corrected chi connectivity index (χ4v) is 4.15. The first-order chi connectivity index (χ1) is 17.6. The van der Waals surface area contributed by atoms with E-state index >= 15 is 0 Å². The highest BCUT2D eigenvalue weighted by Gasteiger charge is 2.22. The number of rotatable bonds is 4. The van der Waals surface area contributed by atoms with E-state index in [1.54, 1.807) is 17.1 Å². The number of aromatic nitrogens is 6. The second kappa shape index (κ2) is 8.55. The number of aryl methyl sites for hydroxylation is 1. The molecule has 0 atom stereocenters. The van der Waals surface area contributed by atoms with Gasteiger partial charge in [-0.05, 0) is 35.7 Å². The molecule has 0 aliphatic rings. The van der Waals surface area contributed by atoms with Crippen LogP contribution in [0.15, 0.2) is 85.3 Å². The predicted molar refractivity (Wildman–Crippen MR) is 139 cm³/mol. The van der Waals surface area contributed by atoms with Crippen molar-refractivity contribution >= 4 is 39.2 Å². The van der Waals surface area contributed by atoms with E-state index in [9.17, 15) is 4.79 Å². The molecule has 0 spiro atoms. The average Bonchev–Trinajstić information content (AvgIpc) is 3.34. The predicted octanol–water partition coefficient (Wildman–Crippen LogP) is 4.48. The van der Waals surface area contributed by atoms with Crippen molar-refractivity contribution in [1.29, 1.82) is 0 Å². The normalized spacial score (nSPS) is 11.1. The summed E-state index contributed by atoms with van der Waals surface area (Å²) in [6.45, 7) is 0. The van der Waals surface area contributed by atoms with Crippen LogP contribution in [0.3, 0.4) is 0 Å². The number of amides is 1. The van der Waals surface area contributed by atoms with Gasteiger partial charge in [-0.3, -0.25) is 14.5 Å². The Morgan fingerprint density at radius 1 is 0.889 bits per heavy atom. The monoisotopic (exact) mass is 472 g/mol. The van der Waals surface area contributed by atoms with Gasteiger partial charge in [-0.15, -0.1) is 0 Å². The standard InChI is InChI=1S/C27H20N8O/c1-35-14-11-21(34-35)23-22(18-8-9-20-17(15-18)6-4-12-29-20)31-24(25(28)32-23)27(36)33-26-19-7-3-2-5-16(19)10-13-30-26/h2-15H,1H3,(H2,28,32)(H,30,33,36). The van der Waals surface area contributed by atoms with Crippen LogP contribution in [0, 0.1) is 0 Å². The first-order valence-electron chi connectivity index (χ1n) is 11.2. The molecule has 4 heterocycles. The van der Waals surface area contributed by atoms with Crippen LogP contribution >= 0.6 is 0 Å². The lowest BCUT2D eigenvalue weighted by atomic mass is 10.0. The van der Waals surface area contributed by atoms with Crippen LogP contribution in [0.1, 0.15) is 10.5 Å². The maximum Gasteiger partial charge on any atom is 0.279 e. The van der Waals surface area contributed by atoms with Crippen molar-refractivity contribution in [2.45, 2.75) is 0 Å². The van der Waals surface area contributed by atoms with Gasteiger partial charge < -0.3 is 11.1 Å². The van der Waals surface area contributed by atoms with Gasteiger partial charge in [0.15, 0.2) is 11.5 Å². The number of fused-ring (bicyclic) bond motifs is 2. The molecular weight excluding hydrogens is 452 g/mol. The van der Waals surface area contributed by atoms with E-state index < -0.39 is 5.91 Å². The number of benzene rings is 2. The van der Waals surface area contributed by atoms with Gasteiger partial charge >= 0.3 is 0 Å². The van der Waals surface area contributed by atoms with Gasteiger partial charge in [0.2, 0.25) is 0 Å². The molecule has 9 nitrogen and oxygen atoms in total. The van der Waals surface area contributed by atoms with Gasteiger partial charge in [0, 0.05) is 42.0 Å². The van der Waals surface area contributed by atoms with Crippen LogP contribution < -0.4 is 11.1 Å². The largest absolute Gasteiger partial charge is 0.382 e. The summed E-state index contributed by atoms with van der Waals surface area (Å²) in [5.41, 5.74) is 9.46. The van der Waals surface area contributed by atoms with Crippen LogP contribution in [0.25, 0.3) is 44.3 Å². The summed E-state index contributed by atoms with van der Waals surface area (Å²) >= 11 is 0. The first kappa shape index (κ1) is 21.4. The zero-order valence-electron chi connectivity index (χ0n) is 19.3. The van der Waals surface area contributed by atoms with Gasteiger partial charge in [-0.2, -0.15) is 5.10 Å². The molecule has 0 unspecified atom stereocenters. The van der Waals surface area contributed by atoms with E-state index in [-0.39, 0.29) is 11.5 Å². The van der Waals surface area contributed by atoms with Crippen molar-refractivity contribution in [3.05, 3.63) is 91.0 Å². The zero-order chi connectivity index (χ0) is 24.6. The Bertz CT molecular complexity index is 1770. The third kappa shape index (κ3) is 3.78. The Balaban J connectivity index is 1.48. The fraction of sp³-hybridized carbons (Fsp3) is 0.0370. The molecular formula is C27H20N8O. The van der Waals surface area contributed by atoms with Crippen LogP contribution in [0.5, 0.6) is 0 Å². The molecule has 9 heteroatoms. The zero-order valence-corrected chi connectivity index (χ0v) is 19.3. The third-order valence-electron chi connectivity index (χ3n) is 5.88.